The van der Waals surface area contributed by atoms with Crippen molar-refractivity contribution in [3.63, 3.8) is 0 Å². The Morgan fingerprint density at radius 1 is 1.00 bits per heavy atom. The molecular formula is C16H15ClO. The minimum Gasteiger partial charge on any atom is -0.388 e. The highest BCUT2D eigenvalue weighted by Gasteiger charge is 2.28. The zero-order valence-electron chi connectivity index (χ0n) is 10.0. The molecule has 0 saturated heterocycles. The Morgan fingerprint density at radius 2 is 1.72 bits per heavy atom. The number of aryl methyl sites for hydroxylation is 1. The molecule has 0 aromatic heterocycles. The van der Waals surface area contributed by atoms with Crippen LogP contribution >= 0.6 is 11.6 Å². The number of aliphatic hydroxyl groups excluding tert-OH is 1. The number of aliphatic hydroxyl groups is 1. The maximum atomic E-state index is 10.5. The lowest BCUT2D eigenvalue weighted by Gasteiger charge is -2.30. The zero-order chi connectivity index (χ0) is 12.5. The normalized spacial score (nSPS) is 22.6. The van der Waals surface area contributed by atoms with Crippen molar-refractivity contribution in [2.75, 3.05) is 0 Å². The Kier molecular flexibility index (Phi) is 3.11. The summed E-state index contributed by atoms with van der Waals surface area (Å²) in [4.78, 5) is 0. The molecule has 1 aliphatic carbocycles. The lowest BCUT2D eigenvalue weighted by molar-refractivity contribution is 0.131. The van der Waals surface area contributed by atoms with E-state index in [1.54, 1.807) is 0 Å². The first kappa shape index (κ1) is 11.8. The number of hydrogen-bond donors (Lipinski definition) is 1. The fourth-order valence-corrected chi connectivity index (χ4v) is 2.92. The van der Waals surface area contributed by atoms with Crippen LogP contribution < -0.4 is 0 Å². The van der Waals surface area contributed by atoms with E-state index in [0.717, 1.165) is 23.4 Å². The highest BCUT2D eigenvalue weighted by molar-refractivity contribution is 6.30. The van der Waals surface area contributed by atoms with Crippen molar-refractivity contribution in [2.24, 2.45) is 0 Å². The number of hydrogen-bond acceptors (Lipinski definition) is 1. The maximum Gasteiger partial charge on any atom is 0.0861 e. The van der Waals surface area contributed by atoms with Gasteiger partial charge in [-0.2, -0.15) is 0 Å². The highest BCUT2D eigenvalue weighted by Crippen LogP contribution is 2.40. The molecule has 2 aromatic carbocycles. The first-order valence-corrected chi connectivity index (χ1v) is 6.65. The van der Waals surface area contributed by atoms with Crippen molar-refractivity contribution >= 4 is 11.6 Å². The largest absolute Gasteiger partial charge is 0.388 e. The molecule has 1 N–H and O–H groups in total. The standard InChI is InChI=1S/C16H15ClO/c17-13-8-5-12(6-9-13)15-10-7-11-3-1-2-4-14(11)16(15)18/h1-6,8-9,15-16,18H,7,10H2/t15-,16-/m1/s1. The Bertz CT molecular complexity index is 547. The van der Waals surface area contributed by atoms with E-state index in [2.05, 4.69) is 6.07 Å². The molecule has 92 valence electrons. The molecule has 0 amide bonds. The van der Waals surface area contributed by atoms with Crippen molar-refractivity contribution < 1.29 is 5.11 Å². The van der Waals surface area contributed by atoms with E-state index in [0.29, 0.717) is 0 Å². The van der Waals surface area contributed by atoms with Gasteiger partial charge in [0.25, 0.3) is 0 Å². The van der Waals surface area contributed by atoms with Crippen LogP contribution in [0.1, 0.15) is 35.1 Å². The summed E-state index contributed by atoms with van der Waals surface area (Å²) in [6, 6.07) is 16.0. The van der Waals surface area contributed by atoms with Crippen LogP contribution in [0.2, 0.25) is 5.02 Å². The summed E-state index contributed by atoms with van der Waals surface area (Å²) >= 11 is 5.91. The molecule has 0 aliphatic heterocycles. The van der Waals surface area contributed by atoms with Crippen molar-refractivity contribution in [2.45, 2.75) is 24.9 Å². The fourth-order valence-electron chi connectivity index (χ4n) is 2.79. The summed E-state index contributed by atoms with van der Waals surface area (Å²) in [7, 11) is 0. The molecule has 0 saturated carbocycles. The second-order valence-corrected chi connectivity index (χ2v) is 5.28. The van der Waals surface area contributed by atoms with E-state index in [9.17, 15) is 5.11 Å². The first-order chi connectivity index (χ1) is 8.75. The van der Waals surface area contributed by atoms with Gasteiger partial charge in [0, 0.05) is 10.9 Å². The van der Waals surface area contributed by atoms with Gasteiger partial charge in [-0.25, -0.2) is 0 Å². The molecule has 2 heteroatoms. The molecule has 0 radical (unpaired) electrons. The van der Waals surface area contributed by atoms with Gasteiger partial charge in [-0.1, -0.05) is 48.0 Å². The van der Waals surface area contributed by atoms with Gasteiger partial charge in [-0.15, -0.1) is 0 Å². The molecular weight excluding hydrogens is 244 g/mol. The second kappa shape index (κ2) is 4.75. The smallest absolute Gasteiger partial charge is 0.0861 e. The average Bonchev–Trinajstić information content (AvgIpc) is 2.41. The van der Waals surface area contributed by atoms with Crippen molar-refractivity contribution in [3.8, 4) is 0 Å². The molecule has 2 atom stereocenters. The predicted molar refractivity (Wildman–Crippen MR) is 73.9 cm³/mol. The van der Waals surface area contributed by atoms with Gasteiger partial charge in [-0.05, 0) is 41.7 Å². The van der Waals surface area contributed by atoms with E-state index in [1.165, 1.54) is 11.1 Å². The van der Waals surface area contributed by atoms with E-state index < -0.39 is 6.10 Å². The van der Waals surface area contributed by atoms with Crippen molar-refractivity contribution in [3.05, 3.63) is 70.2 Å². The summed E-state index contributed by atoms with van der Waals surface area (Å²) in [5.74, 6) is 0.178. The minimum atomic E-state index is -0.406. The Labute approximate surface area is 112 Å². The van der Waals surface area contributed by atoms with Gasteiger partial charge < -0.3 is 5.11 Å². The van der Waals surface area contributed by atoms with Gasteiger partial charge in [0.2, 0.25) is 0 Å². The number of rotatable bonds is 1. The molecule has 3 rings (SSSR count). The van der Waals surface area contributed by atoms with Crippen LogP contribution in [0, 0.1) is 0 Å². The molecule has 2 aromatic rings. The SMILES string of the molecule is O[C@@H]1c2ccccc2CC[C@@H]1c1ccc(Cl)cc1. The third kappa shape index (κ3) is 2.05. The highest BCUT2D eigenvalue weighted by atomic mass is 35.5. The van der Waals surface area contributed by atoms with Gasteiger partial charge >= 0.3 is 0 Å². The molecule has 0 unspecified atom stereocenters. The van der Waals surface area contributed by atoms with Crippen LogP contribution in [0.4, 0.5) is 0 Å². The minimum absolute atomic E-state index is 0.178. The van der Waals surface area contributed by atoms with Crippen LogP contribution in [0.3, 0.4) is 0 Å². The van der Waals surface area contributed by atoms with Gasteiger partial charge in [0.05, 0.1) is 6.10 Å². The molecule has 0 fully saturated rings. The molecule has 0 heterocycles. The topological polar surface area (TPSA) is 20.2 Å². The quantitative estimate of drug-likeness (QED) is 0.816. The van der Waals surface area contributed by atoms with E-state index in [4.69, 9.17) is 11.6 Å². The molecule has 1 nitrogen and oxygen atoms in total. The third-order valence-electron chi connectivity index (χ3n) is 3.78. The Morgan fingerprint density at radius 3 is 2.50 bits per heavy atom. The van der Waals surface area contributed by atoms with Gasteiger partial charge in [-0.3, -0.25) is 0 Å². The Balaban J connectivity index is 1.95. The van der Waals surface area contributed by atoms with E-state index >= 15 is 0 Å². The zero-order valence-corrected chi connectivity index (χ0v) is 10.8. The molecule has 18 heavy (non-hydrogen) atoms. The number of fused-ring (bicyclic) bond motifs is 1. The summed E-state index contributed by atoms with van der Waals surface area (Å²) in [5.41, 5.74) is 3.51. The Hall–Kier alpha value is -1.31. The predicted octanol–water partition coefficient (Wildman–Crippen LogP) is 4.10. The molecule has 1 aliphatic rings. The summed E-state index contributed by atoms with van der Waals surface area (Å²) in [6.45, 7) is 0. The van der Waals surface area contributed by atoms with Crippen LogP contribution in [0.5, 0.6) is 0 Å². The van der Waals surface area contributed by atoms with E-state index in [-0.39, 0.29) is 5.92 Å². The van der Waals surface area contributed by atoms with Crippen molar-refractivity contribution in [1.29, 1.82) is 0 Å². The summed E-state index contributed by atoms with van der Waals surface area (Å²) < 4.78 is 0. The first-order valence-electron chi connectivity index (χ1n) is 6.27. The maximum absolute atomic E-state index is 10.5. The third-order valence-corrected chi connectivity index (χ3v) is 4.03. The molecule has 0 bridgehead atoms. The van der Waals surface area contributed by atoms with Gasteiger partial charge in [0.1, 0.15) is 0 Å². The lowest BCUT2D eigenvalue weighted by atomic mass is 9.78. The fraction of sp³-hybridized carbons (Fsp3) is 0.250. The number of benzene rings is 2. The summed E-state index contributed by atoms with van der Waals surface area (Å²) in [5, 5.41) is 11.3. The van der Waals surface area contributed by atoms with Crippen molar-refractivity contribution in [1.82, 2.24) is 0 Å². The summed E-state index contributed by atoms with van der Waals surface area (Å²) in [6.07, 6.45) is 1.61. The van der Waals surface area contributed by atoms with E-state index in [1.807, 2.05) is 42.5 Å². The molecule has 0 spiro atoms. The monoisotopic (exact) mass is 258 g/mol. The average molecular weight is 259 g/mol. The van der Waals surface area contributed by atoms with Crippen LogP contribution in [-0.4, -0.2) is 5.11 Å². The van der Waals surface area contributed by atoms with Crippen LogP contribution in [0.25, 0.3) is 0 Å². The number of halogens is 1. The second-order valence-electron chi connectivity index (χ2n) is 4.84. The van der Waals surface area contributed by atoms with Crippen LogP contribution in [0.15, 0.2) is 48.5 Å². The van der Waals surface area contributed by atoms with Crippen LogP contribution in [-0.2, 0) is 6.42 Å². The lowest BCUT2D eigenvalue weighted by Crippen LogP contribution is -2.18. The van der Waals surface area contributed by atoms with Gasteiger partial charge in [0.15, 0.2) is 0 Å².